The minimum absolute atomic E-state index is 0.00951. The summed E-state index contributed by atoms with van der Waals surface area (Å²) in [5, 5.41) is 12.5. The van der Waals surface area contributed by atoms with Crippen LogP contribution in [0.5, 0.6) is 0 Å². The van der Waals surface area contributed by atoms with Gasteiger partial charge in [-0.05, 0) is 42.9 Å². The second kappa shape index (κ2) is 5.71. The van der Waals surface area contributed by atoms with Gasteiger partial charge in [0.1, 0.15) is 0 Å². The number of nitrogens with two attached hydrogens (primary N) is 1. The van der Waals surface area contributed by atoms with Crippen LogP contribution < -0.4 is 11.1 Å². The molecule has 0 radical (unpaired) electrons. The molecule has 0 aliphatic heterocycles. The maximum Gasteiger partial charge on any atom is 0.404 e. The van der Waals surface area contributed by atoms with Gasteiger partial charge in [0.05, 0.1) is 5.52 Å². The second-order valence-electron chi connectivity index (χ2n) is 5.81. The Morgan fingerprint density at radius 2 is 2.09 bits per heavy atom. The zero-order chi connectivity index (χ0) is 15.7. The largest absolute Gasteiger partial charge is 0.465 e. The summed E-state index contributed by atoms with van der Waals surface area (Å²) in [7, 11) is 0. The number of amides is 2. The molecule has 1 fully saturated rings. The summed E-state index contributed by atoms with van der Waals surface area (Å²) in [4.78, 5) is 22.3. The summed E-state index contributed by atoms with van der Waals surface area (Å²) < 4.78 is 1.44. The molecular weight excluding hydrogens is 282 g/mol. The Kier molecular flexibility index (Phi) is 3.75. The van der Waals surface area contributed by atoms with Gasteiger partial charge in [-0.15, -0.1) is 0 Å². The van der Waals surface area contributed by atoms with Crippen molar-refractivity contribution in [1.82, 2.24) is 9.88 Å². The lowest BCUT2D eigenvalue weighted by Crippen LogP contribution is -2.36. The highest BCUT2D eigenvalue weighted by Gasteiger charge is 2.25. The summed E-state index contributed by atoms with van der Waals surface area (Å²) in [6.45, 7) is 0. The highest BCUT2D eigenvalue weighted by atomic mass is 16.4. The molecule has 2 amide bonds. The van der Waals surface area contributed by atoms with E-state index in [9.17, 15) is 9.59 Å². The van der Waals surface area contributed by atoms with Crippen molar-refractivity contribution in [3.05, 3.63) is 36.0 Å². The van der Waals surface area contributed by atoms with E-state index in [-0.39, 0.29) is 12.0 Å². The lowest BCUT2D eigenvalue weighted by Gasteiger charge is -2.29. The van der Waals surface area contributed by atoms with Gasteiger partial charge < -0.3 is 16.2 Å². The minimum Gasteiger partial charge on any atom is -0.465 e. The summed E-state index contributed by atoms with van der Waals surface area (Å²) in [6, 6.07) is 7.25. The van der Waals surface area contributed by atoms with Crippen molar-refractivity contribution < 1.29 is 14.7 Å². The molecule has 2 unspecified atom stereocenters. The normalized spacial score (nSPS) is 21.6. The average Bonchev–Trinajstić information content (AvgIpc) is 2.90. The number of aromatic nitrogens is 1. The maximum absolute atomic E-state index is 11.4. The Balaban J connectivity index is 1.92. The first-order valence-electron chi connectivity index (χ1n) is 7.45. The molecule has 0 saturated heterocycles. The lowest BCUT2D eigenvalue weighted by atomic mass is 9.80. The van der Waals surface area contributed by atoms with Gasteiger partial charge in [-0.2, -0.15) is 0 Å². The first-order chi connectivity index (χ1) is 10.6. The Hall–Kier alpha value is -2.50. The zero-order valence-electron chi connectivity index (χ0n) is 12.2. The number of carbonyl (C=O) groups excluding carboxylic acids is 1. The van der Waals surface area contributed by atoms with Gasteiger partial charge in [0, 0.05) is 17.6 Å². The van der Waals surface area contributed by atoms with Crippen molar-refractivity contribution in [2.45, 2.75) is 37.6 Å². The van der Waals surface area contributed by atoms with Crippen LogP contribution in [0.3, 0.4) is 0 Å². The molecule has 1 aromatic carbocycles. The molecule has 6 heteroatoms. The molecule has 4 N–H and O–H groups in total. The molecule has 116 valence electrons. The summed E-state index contributed by atoms with van der Waals surface area (Å²) in [5.41, 5.74) is 7.34. The standard InChI is InChI=1S/C16H19N3O3/c17-15(20)19-8-7-13-12(5-2-6-14(13)19)10-3-1-4-11(9-10)18-16(21)22/h2,5-8,10-11,18H,1,3-4,9H2,(H2,17,20)(H,21,22). The van der Waals surface area contributed by atoms with Gasteiger partial charge in [0.2, 0.25) is 0 Å². The zero-order valence-corrected chi connectivity index (χ0v) is 12.2. The number of carbonyl (C=O) groups is 2. The van der Waals surface area contributed by atoms with Crippen molar-refractivity contribution in [1.29, 1.82) is 0 Å². The van der Waals surface area contributed by atoms with E-state index in [0.29, 0.717) is 0 Å². The van der Waals surface area contributed by atoms with Crippen LogP contribution in [0.25, 0.3) is 10.9 Å². The lowest BCUT2D eigenvalue weighted by molar-refractivity contribution is 0.184. The predicted octanol–water partition coefficient (Wildman–Crippen LogP) is 2.86. The number of hydrogen-bond acceptors (Lipinski definition) is 2. The van der Waals surface area contributed by atoms with E-state index in [4.69, 9.17) is 10.8 Å². The average molecular weight is 301 g/mol. The van der Waals surface area contributed by atoms with Crippen LogP contribution >= 0.6 is 0 Å². The van der Waals surface area contributed by atoms with E-state index in [1.54, 1.807) is 6.20 Å². The number of hydrogen-bond donors (Lipinski definition) is 3. The van der Waals surface area contributed by atoms with Crippen LogP contribution in [-0.2, 0) is 0 Å². The van der Waals surface area contributed by atoms with Crippen LogP contribution in [0, 0.1) is 0 Å². The van der Waals surface area contributed by atoms with E-state index in [0.717, 1.165) is 42.1 Å². The molecule has 6 nitrogen and oxygen atoms in total. The summed E-state index contributed by atoms with van der Waals surface area (Å²) >= 11 is 0. The summed E-state index contributed by atoms with van der Waals surface area (Å²) in [6.07, 6.45) is 4.39. The molecule has 1 saturated carbocycles. The number of nitrogens with one attached hydrogen (secondary N) is 1. The third-order valence-corrected chi connectivity index (χ3v) is 4.45. The highest BCUT2D eigenvalue weighted by Crippen LogP contribution is 2.36. The fourth-order valence-corrected chi connectivity index (χ4v) is 3.52. The van der Waals surface area contributed by atoms with Crippen molar-refractivity contribution >= 4 is 23.0 Å². The fraction of sp³-hybridized carbons (Fsp3) is 0.375. The van der Waals surface area contributed by atoms with E-state index in [1.807, 2.05) is 18.2 Å². The number of primary amides is 1. The van der Waals surface area contributed by atoms with Gasteiger partial charge in [-0.3, -0.25) is 4.57 Å². The van der Waals surface area contributed by atoms with Gasteiger partial charge in [0.15, 0.2) is 0 Å². The van der Waals surface area contributed by atoms with Crippen molar-refractivity contribution in [3.63, 3.8) is 0 Å². The molecule has 3 rings (SSSR count). The molecule has 1 aromatic heterocycles. The highest BCUT2D eigenvalue weighted by molar-refractivity contribution is 5.92. The number of rotatable bonds is 2. The Bertz CT molecular complexity index is 722. The Labute approximate surface area is 127 Å². The van der Waals surface area contributed by atoms with Crippen LogP contribution in [-0.4, -0.2) is 27.8 Å². The number of fused-ring (bicyclic) bond motifs is 1. The van der Waals surface area contributed by atoms with Gasteiger partial charge in [-0.25, -0.2) is 9.59 Å². The molecule has 1 heterocycles. The van der Waals surface area contributed by atoms with E-state index in [2.05, 4.69) is 11.4 Å². The number of benzene rings is 1. The molecule has 0 bridgehead atoms. The molecule has 22 heavy (non-hydrogen) atoms. The molecule has 2 aromatic rings. The quantitative estimate of drug-likeness (QED) is 0.795. The van der Waals surface area contributed by atoms with E-state index < -0.39 is 12.1 Å². The van der Waals surface area contributed by atoms with Gasteiger partial charge >= 0.3 is 12.1 Å². The SMILES string of the molecule is NC(=O)n1ccc2c(C3CCCC(NC(=O)O)C3)cccc21. The smallest absolute Gasteiger partial charge is 0.404 e. The molecule has 2 atom stereocenters. The molecular formula is C16H19N3O3. The summed E-state index contributed by atoms with van der Waals surface area (Å²) in [5.74, 6) is 0.290. The monoisotopic (exact) mass is 301 g/mol. The maximum atomic E-state index is 11.4. The number of nitrogens with zero attached hydrogens (tertiary/aromatic N) is 1. The third-order valence-electron chi connectivity index (χ3n) is 4.45. The fourth-order valence-electron chi connectivity index (χ4n) is 3.52. The number of carboxylic acid groups (broad SMARTS) is 1. The molecule has 0 spiro atoms. The van der Waals surface area contributed by atoms with Gasteiger partial charge in [-0.1, -0.05) is 18.6 Å². The van der Waals surface area contributed by atoms with Crippen LogP contribution in [0.2, 0.25) is 0 Å². The van der Waals surface area contributed by atoms with E-state index >= 15 is 0 Å². The topological polar surface area (TPSA) is 97.4 Å². The van der Waals surface area contributed by atoms with Crippen LogP contribution in [0.15, 0.2) is 30.5 Å². The van der Waals surface area contributed by atoms with Gasteiger partial charge in [0.25, 0.3) is 0 Å². The third kappa shape index (κ3) is 2.64. The Morgan fingerprint density at radius 3 is 2.82 bits per heavy atom. The Morgan fingerprint density at radius 1 is 1.27 bits per heavy atom. The first-order valence-corrected chi connectivity index (χ1v) is 7.45. The first kappa shape index (κ1) is 14.4. The van der Waals surface area contributed by atoms with Crippen molar-refractivity contribution in [2.75, 3.05) is 0 Å². The second-order valence-corrected chi connectivity index (χ2v) is 5.81. The van der Waals surface area contributed by atoms with Crippen LogP contribution in [0.1, 0.15) is 37.2 Å². The molecule has 1 aliphatic carbocycles. The predicted molar refractivity (Wildman–Crippen MR) is 83.1 cm³/mol. The molecule has 1 aliphatic rings. The van der Waals surface area contributed by atoms with Crippen molar-refractivity contribution in [2.24, 2.45) is 5.73 Å². The van der Waals surface area contributed by atoms with Crippen LogP contribution in [0.4, 0.5) is 9.59 Å². The minimum atomic E-state index is -0.969. The van der Waals surface area contributed by atoms with Crippen molar-refractivity contribution in [3.8, 4) is 0 Å². The van der Waals surface area contributed by atoms with E-state index in [1.165, 1.54) is 4.57 Å².